The molecular formula is C32H49N3O3. The second kappa shape index (κ2) is 14.7. The summed E-state index contributed by atoms with van der Waals surface area (Å²) >= 11 is 0. The zero-order valence-corrected chi connectivity index (χ0v) is 24.1. The maximum absolute atomic E-state index is 13.4. The molecule has 6 nitrogen and oxygen atoms in total. The van der Waals surface area contributed by atoms with E-state index < -0.39 is 5.60 Å². The third-order valence-corrected chi connectivity index (χ3v) is 7.80. The zero-order chi connectivity index (χ0) is 27.5. The fourth-order valence-electron chi connectivity index (χ4n) is 5.95. The molecule has 38 heavy (non-hydrogen) atoms. The highest BCUT2D eigenvalue weighted by Gasteiger charge is 2.42. The number of hydrogen-bond donors (Lipinski definition) is 3. The lowest BCUT2D eigenvalue weighted by Crippen LogP contribution is -2.54. The molecule has 210 valence electrons. The number of unbranched alkanes of at least 4 members (excludes halogenated alkanes) is 1. The quantitative estimate of drug-likeness (QED) is 0.294. The van der Waals surface area contributed by atoms with Crippen LogP contribution in [0, 0.1) is 18.8 Å². The first-order valence-electron chi connectivity index (χ1n) is 14.4. The standard InChI is InChI=1S/C32H49N3O3/c1-24(2)20-28(22-33-4)34-31(36)35-18-11-14-27(23-35)32(37,17-8-9-19-38-5)30-16-7-6-15-29(30)26-13-10-12-25(3)21-26/h6-7,10,12-13,15-16,21,24,27-28,33,37H,8-9,11,14,17-20,22-23H2,1-5H3,(H,34,36)/t27-,28+,32+/m1/s1. The van der Waals surface area contributed by atoms with E-state index in [1.165, 1.54) is 5.56 Å². The summed E-state index contributed by atoms with van der Waals surface area (Å²) in [7, 11) is 3.64. The zero-order valence-electron chi connectivity index (χ0n) is 24.1. The number of methoxy groups -OCH3 is 1. The molecule has 0 bridgehead atoms. The van der Waals surface area contributed by atoms with E-state index in [-0.39, 0.29) is 18.0 Å². The average Bonchev–Trinajstić information content (AvgIpc) is 2.91. The summed E-state index contributed by atoms with van der Waals surface area (Å²) in [5, 5.41) is 19.1. The van der Waals surface area contributed by atoms with Crippen molar-refractivity contribution in [2.24, 2.45) is 11.8 Å². The number of piperidine rings is 1. The Bertz CT molecular complexity index is 1010. The van der Waals surface area contributed by atoms with Crippen LogP contribution in [0.5, 0.6) is 0 Å². The van der Waals surface area contributed by atoms with Gasteiger partial charge in [-0.2, -0.15) is 0 Å². The highest BCUT2D eigenvalue weighted by molar-refractivity contribution is 5.75. The van der Waals surface area contributed by atoms with Crippen molar-refractivity contribution >= 4 is 6.03 Å². The van der Waals surface area contributed by atoms with E-state index in [1.807, 2.05) is 24.1 Å². The molecule has 2 aromatic rings. The van der Waals surface area contributed by atoms with Gasteiger partial charge in [-0.05, 0) is 75.1 Å². The summed E-state index contributed by atoms with van der Waals surface area (Å²) in [6.45, 7) is 9.15. The van der Waals surface area contributed by atoms with Crippen LogP contribution in [0.1, 0.15) is 63.5 Å². The molecule has 6 heteroatoms. The lowest BCUT2D eigenvalue weighted by Gasteiger charge is -2.44. The van der Waals surface area contributed by atoms with Crippen molar-refractivity contribution in [3.8, 4) is 11.1 Å². The van der Waals surface area contributed by atoms with Gasteiger partial charge in [0, 0.05) is 45.3 Å². The van der Waals surface area contributed by atoms with Crippen molar-refractivity contribution in [2.75, 3.05) is 40.4 Å². The number of ether oxygens (including phenoxy) is 1. The van der Waals surface area contributed by atoms with Gasteiger partial charge in [0.2, 0.25) is 0 Å². The van der Waals surface area contributed by atoms with E-state index in [2.05, 4.69) is 67.8 Å². The number of nitrogens with zero attached hydrogens (tertiary/aromatic N) is 1. The molecule has 2 aromatic carbocycles. The van der Waals surface area contributed by atoms with E-state index >= 15 is 0 Å². The van der Waals surface area contributed by atoms with Gasteiger partial charge in [0.1, 0.15) is 0 Å². The molecule has 3 rings (SSSR count). The highest BCUT2D eigenvalue weighted by atomic mass is 16.5. The van der Waals surface area contributed by atoms with Gasteiger partial charge in [-0.3, -0.25) is 0 Å². The normalized spacial score (nSPS) is 18.3. The first-order chi connectivity index (χ1) is 18.3. The second-order valence-corrected chi connectivity index (χ2v) is 11.4. The lowest BCUT2D eigenvalue weighted by molar-refractivity contribution is -0.0559. The topological polar surface area (TPSA) is 73.8 Å². The Balaban J connectivity index is 1.90. The minimum atomic E-state index is -1.05. The number of rotatable bonds is 13. The molecule has 3 N–H and O–H groups in total. The van der Waals surface area contributed by atoms with Crippen molar-refractivity contribution in [1.29, 1.82) is 0 Å². The van der Waals surface area contributed by atoms with Gasteiger partial charge in [0.05, 0.1) is 5.60 Å². The lowest BCUT2D eigenvalue weighted by atomic mass is 9.72. The largest absolute Gasteiger partial charge is 0.385 e. The fourth-order valence-corrected chi connectivity index (χ4v) is 5.95. The van der Waals surface area contributed by atoms with E-state index in [0.717, 1.165) is 61.9 Å². The smallest absolute Gasteiger partial charge is 0.317 e. The van der Waals surface area contributed by atoms with E-state index in [9.17, 15) is 9.90 Å². The minimum Gasteiger partial charge on any atom is -0.385 e. The first-order valence-corrected chi connectivity index (χ1v) is 14.4. The molecule has 0 radical (unpaired) electrons. The molecule has 0 aliphatic carbocycles. The number of benzene rings is 2. The Hall–Kier alpha value is -2.41. The minimum absolute atomic E-state index is 0.0238. The van der Waals surface area contributed by atoms with Gasteiger partial charge in [-0.1, -0.05) is 67.9 Å². The van der Waals surface area contributed by atoms with Crippen molar-refractivity contribution in [3.05, 3.63) is 59.7 Å². The van der Waals surface area contributed by atoms with E-state index in [4.69, 9.17) is 4.74 Å². The summed E-state index contributed by atoms with van der Waals surface area (Å²) in [5.41, 5.74) is 3.29. The van der Waals surface area contributed by atoms with Gasteiger partial charge in [0.25, 0.3) is 0 Å². The van der Waals surface area contributed by atoms with Crippen molar-refractivity contribution in [3.63, 3.8) is 0 Å². The number of aryl methyl sites for hydroxylation is 1. The molecule has 0 spiro atoms. The first kappa shape index (κ1) is 30.1. The molecule has 1 fully saturated rings. The van der Waals surface area contributed by atoms with E-state index in [1.54, 1.807) is 7.11 Å². The predicted octanol–water partition coefficient (Wildman–Crippen LogP) is 5.72. The maximum atomic E-state index is 13.4. The Morgan fingerprint density at radius 3 is 2.68 bits per heavy atom. The molecule has 1 aliphatic rings. The van der Waals surface area contributed by atoms with Crippen molar-refractivity contribution in [1.82, 2.24) is 15.5 Å². The van der Waals surface area contributed by atoms with Gasteiger partial charge in [0.15, 0.2) is 0 Å². The maximum Gasteiger partial charge on any atom is 0.317 e. The summed E-state index contributed by atoms with van der Waals surface area (Å²) in [6.07, 6.45) is 5.08. The number of urea groups is 1. The SMILES string of the molecule is CNC[C@H](CC(C)C)NC(=O)N1CCC[C@@H]([C@@](O)(CCCCOC)c2ccccc2-c2cccc(C)c2)C1. The number of nitrogens with one attached hydrogen (secondary N) is 2. The van der Waals surface area contributed by atoms with Crippen LogP contribution >= 0.6 is 0 Å². The molecule has 1 saturated heterocycles. The van der Waals surface area contributed by atoms with Crippen molar-refractivity contribution < 1.29 is 14.6 Å². The van der Waals surface area contributed by atoms with Crippen LogP contribution in [0.25, 0.3) is 11.1 Å². The van der Waals surface area contributed by atoms with Crippen molar-refractivity contribution in [2.45, 2.75) is 70.9 Å². The number of likely N-dealkylation sites (tertiary alicyclic amines) is 1. The second-order valence-electron chi connectivity index (χ2n) is 11.4. The van der Waals surface area contributed by atoms with E-state index in [0.29, 0.717) is 25.5 Å². The summed E-state index contributed by atoms with van der Waals surface area (Å²) < 4.78 is 5.30. The fraction of sp³-hybridized carbons (Fsp3) is 0.594. The molecule has 1 heterocycles. The van der Waals surface area contributed by atoms with Crippen LogP contribution in [0.3, 0.4) is 0 Å². The van der Waals surface area contributed by atoms with Gasteiger partial charge in [-0.15, -0.1) is 0 Å². The molecule has 3 atom stereocenters. The number of hydrogen-bond acceptors (Lipinski definition) is 4. The average molecular weight is 524 g/mol. The number of carbonyl (C=O) groups excluding carboxylic acids is 1. The number of carbonyl (C=O) groups is 1. The summed E-state index contributed by atoms with van der Waals surface area (Å²) in [5.74, 6) is 0.446. The molecule has 2 amide bonds. The number of amides is 2. The molecule has 0 unspecified atom stereocenters. The Morgan fingerprint density at radius 1 is 1.18 bits per heavy atom. The Labute approximate surface area is 230 Å². The number of aliphatic hydroxyl groups is 1. The van der Waals surface area contributed by atoms with Crippen LogP contribution < -0.4 is 10.6 Å². The summed E-state index contributed by atoms with van der Waals surface area (Å²) in [6, 6.07) is 16.8. The molecular weight excluding hydrogens is 474 g/mol. The Kier molecular flexibility index (Phi) is 11.6. The third-order valence-electron chi connectivity index (χ3n) is 7.80. The van der Waals surface area contributed by atoms with Crippen LogP contribution in [0.2, 0.25) is 0 Å². The van der Waals surface area contributed by atoms with Crippen LogP contribution in [-0.2, 0) is 10.3 Å². The van der Waals surface area contributed by atoms with Gasteiger partial charge < -0.3 is 25.4 Å². The highest BCUT2D eigenvalue weighted by Crippen LogP contribution is 2.43. The Morgan fingerprint density at radius 2 is 1.97 bits per heavy atom. The van der Waals surface area contributed by atoms with Gasteiger partial charge in [-0.25, -0.2) is 4.79 Å². The number of likely N-dealkylation sites (N-methyl/N-ethyl adjacent to an activating group) is 1. The predicted molar refractivity (Wildman–Crippen MR) is 156 cm³/mol. The molecule has 0 aromatic heterocycles. The molecule has 1 aliphatic heterocycles. The monoisotopic (exact) mass is 523 g/mol. The summed E-state index contributed by atoms with van der Waals surface area (Å²) in [4.78, 5) is 15.3. The van der Waals surface area contributed by atoms with Crippen LogP contribution in [0.4, 0.5) is 4.79 Å². The van der Waals surface area contributed by atoms with Crippen LogP contribution in [0.15, 0.2) is 48.5 Å². The van der Waals surface area contributed by atoms with Crippen LogP contribution in [-0.4, -0.2) is 62.5 Å². The van der Waals surface area contributed by atoms with Gasteiger partial charge >= 0.3 is 6.03 Å². The third kappa shape index (κ3) is 8.05. The molecule has 0 saturated carbocycles.